The summed E-state index contributed by atoms with van der Waals surface area (Å²) in [4.78, 5) is 46.4. The normalized spacial score (nSPS) is 11.1. The number of carbonyl (C=O) groups is 3. The van der Waals surface area contributed by atoms with Crippen LogP contribution in [-0.4, -0.2) is 38.3 Å². The second-order valence-electron chi connectivity index (χ2n) is 11.9. The number of rotatable bonds is 11. The summed E-state index contributed by atoms with van der Waals surface area (Å²) in [5.41, 5.74) is 4.90. The van der Waals surface area contributed by atoms with Gasteiger partial charge in [0.25, 0.3) is 15.9 Å². The lowest BCUT2D eigenvalue weighted by Crippen LogP contribution is -2.41. The summed E-state index contributed by atoms with van der Waals surface area (Å²) < 4.78 is 29.4. The number of hydrogen-bond acceptors (Lipinski definition) is 6. The minimum Gasteiger partial charge on any atom is -0.326 e. The molecule has 268 valence electrons. The van der Waals surface area contributed by atoms with Gasteiger partial charge in [-0.25, -0.2) is 17.9 Å². The smallest absolute Gasteiger partial charge is 0.326 e. The molecule has 0 saturated heterocycles. The minimum atomic E-state index is -4.32. The number of nitrogens with zero attached hydrogens (tertiary/aromatic N) is 3. The van der Waals surface area contributed by atoms with Crippen LogP contribution in [0.2, 0.25) is 10.0 Å². The number of hydrogen-bond donors (Lipinski definition) is 2. The Morgan fingerprint density at radius 3 is 2.21 bits per heavy atom. The molecule has 0 aliphatic carbocycles. The standard InChI is InChI=1S/C39H37Cl2N5O5S/c1-5-26-13-18-36(52(50,51)44-38(48)31-9-7-8-10-33(31)40)32(22-26)28-14-11-27(12-15-28)24-46(30-19-20-42-25(3)21-30)39(49)45(4)35-23-29(16-17-34(35)41)43-37(47)6-2/h7-23H,5-6,24H2,1-4H3,(H,43,47)(H,44,48). The highest BCUT2D eigenvalue weighted by Gasteiger charge is 2.26. The maximum atomic E-state index is 14.2. The first kappa shape index (κ1) is 38.0. The molecule has 1 aromatic heterocycles. The SMILES string of the molecule is CCC(=O)Nc1ccc(Cl)c(N(C)C(=O)N(Cc2ccc(-c3cc(CC)ccc3S(=O)(=O)NC(=O)c3ccccc3Cl)cc2)c2ccnc(C)c2)c1. The molecule has 0 fully saturated rings. The van der Waals surface area contributed by atoms with Gasteiger partial charge in [-0.05, 0) is 84.6 Å². The number of aryl methyl sites for hydroxylation is 2. The van der Waals surface area contributed by atoms with Gasteiger partial charge < -0.3 is 5.32 Å². The van der Waals surface area contributed by atoms with Crippen molar-refractivity contribution in [2.45, 2.75) is 45.1 Å². The van der Waals surface area contributed by atoms with Gasteiger partial charge in [0.15, 0.2) is 0 Å². The van der Waals surface area contributed by atoms with Crippen LogP contribution in [-0.2, 0) is 27.8 Å². The molecule has 0 unspecified atom stereocenters. The summed E-state index contributed by atoms with van der Waals surface area (Å²) in [7, 11) is -2.71. The Balaban J connectivity index is 1.46. The van der Waals surface area contributed by atoms with E-state index in [1.807, 2.05) is 26.0 Å². The first-order valence-electron chi connectivity index (χ1n) is 16.4. The van der Waals surface area contributed by atoms with E-state index < -0.39 is 22.0 Å². The predicted molar refractivity (Wildman–Crippen MR) is 207 cm³/mol. The number of aromatic nitrogens is 1. The average Bonchev–Trinajstić information content (AvgIpc) is 3.13. The number of halogens is 2. The lowest BCUT2D eigenvalue weighted by molar-refractivity contribution is -0.115. The zero-order valence-electron chi connectivity index (χ0n) is 29.0. The summed E-state index contributed by atoms with van der Waals surface area (Å²) in [5.74, 6) is -1.01. The number of amides is 4. The number of benzene rings is 4. The summed E-state index contributed by atoms with van der Waals surface area (Å²) in [6.45, 7) is 5.68. The topological polar surface area (TPSA) is 129 Å². The lowest BCUT2D eigenvalue weighted by atomic mass is 10.0. The van der Waals surface area contributed by atoms with Gasteiger partial charge in [-0.2, -0.15) is 0 Å². The second kappa shape index (κ2) is 16.4. The summed E-state index contributed by atoms with van der Waals surface area (Å²) in [6.07, 6.45) is 2.57. The highest BCUT2D eigenvalue weighted by atomic mass is 35.5. The molecule has 4 aromatic carbocycles. The molecule has 0 radical (unpaired) electrons. The van der Waals surface area contributed by atoms with E-state index in [-0.39, 0.29) is 27.9 Å². The van der Waals surface area contributed by atoms with Crippen molar-refractivity contribution in [2.24, 2.45) is 0 Å². The molecule has 0 atom stereocenters. The van der Waals surface area contributed by atoms with E-state index in [0.717, 1.165) is 11.1 Å². The maximum absolute atomic E-state index is 14.2. The fourth-order valence-electron chi connectivity index (χ4n) is 5.46. The van der Waals surface area contributed by atoms with Crippen LogP contribution < -0.4 is 19.8 Å². The van der Waals surface area contributed by atoms with Crippen molar-refractivity contribution in [3.8, 4) is 11.1 Å². The van der Waals surface area contributed by atoms with Crippen LogP contribution in [0.4, 0.5) is 21.9 Å². The molecule has 0 bridgehead atoms. The van der Waals surface area contributed by atoms with Gasteiger partial charge in [0.1, 0.15) is 0 Å². The molecule has 0 spiro atoms. The number of urea groups is 1. The van der Waals surface area contributed by atoms with Crippen LogP contribution >= 0.6 is 23.2 Å². The lowest BCUT2D eigenvalue weighted by Gasteiger charge is -2.29. The fourth-order valence-corrected chi connectivity index (χ4v) is 7.10. The molecule has 0 saturated carbocycles. The van der Waals surface area contributed by atoms with Crippen LogP contribution in [0.25, 0.3) is 11.1 Å². The van der Waals surface area contributed by atoms with Gasteiger partial charge in [0.2, 0.25) is 5.91 Å². The van der Waals surface area contributed by atoms with Crippen molar-refractivity contribution < 1.29 is 22.8 Å². The molecular weight excluding hydrogens is 721 g/mol. The average molecular weight is 759 g/mol. The molecule has 5 aromatic rings. The molecule has 1 heterocycles. The van der Waals surface area contributed by atoms with E-state index in [0.29, 0.717) is 51.7 Å². The highest BCUT2D eigenvalue weighted by molar-refractivity contribution is 7.90. The van der Waals surface area contributed by atoms with Gasteiger partial charge in [-0.1, -0.05) is 79.5 Å². The van der Waals surface area contributed by atoms with Crippen molar-refractivity contribution in [3.63, 3.8) is 0 Å². The number of anilines is 3. The quantitative estimate of drug-likeness (QED) is 0.139. The number of sulfonamides is 1. The van der Waals surface area contributed by atoms with Crippen LogP contribution in [0.5, 0.6) is 0 Å². The van der Waals surface area contributed by atoms with E-state index in [2.05, 4.69) is 15.0 Å². The van der Waals surface area contributed by atoms with Gasteiger partial charge >= 0.3 is 6.03 Å². The van der Waals surface area contributed by atoms with Crippen molar-refractivity contribution in [1.29, 1.82) is 0 Å². The third-order valence-corrected chi connectivity index (χ3v) is 10.4. The maximum Gasteiger partial charge on any atom is 0.329 e. The van der Waals surface area contributed by atoms with Gasteiger partial charge in [0.05, 0.1) is 32.7 Å². The Labute approximate surface area is 313 Å². The van der Waals surface area contributed by atoms with Crippen molar-refractivity contribution in [2.75, 3.05) is 22.2 Å². The van der Waals surface area contributed by atoms with Gasteiger partial charge in [-0.15, -0.1) is 0 Å². The second-order valence-corrected chi connectivity index (χ2v) is 14.4. The van der Waals surface area contributed by atoms with E-state index in [9.17, 15) is 22.8 Å². The molecule has 0 aliphatic rings. The van der Waals surface area contributed by atoms with Crippen LogP contribution in [0, 0.1) is 6.92 Å². The molecule has 2 N–H and O–H groups in total. The zero-order valence-corrected chi connectivity index (χ0v) is 31.3. The summed E-state index contributed by atoms with van der Waals surface area (Å²) >= 11 is 12.7. The number of pyridine rings is 1. The Hall–Kier alpha value is -5.23. The van der Waals surface area contributed by atoms with Crippen LogP contribution in [0.1, 0.15) is 47.4 Å². The molecule has 52 heavy (non-hydrogen) atoms. The van der Waals surface area contributed by atoms with E-state index >= 15 is 0 Å². The third kappa shape index (κ3) is 8.79. The Morgan fingerprint density at radius 1 is 0.827 bits per heavy atom. The first-order chi connectivity index (χ1) is 24.8. The van der Waals surface area contributed by atoms with Gasteiger partial charge in [-0.3, -0.25) is 24.4 Å². The number of nitrogens with one attached hydrogen (secondary N) is 2. The monoisotopic (exact) mass is 757 g/mol. The van der Waals surface area contributed by atoms with E-state index in [4.69, 9.17) is 23.2 Å². The summed E-state index contributed by atoms with van der Waals surface area (Å²) in [5, 5.41) is 3.25. The molecule has 5 rings (SSSR count). The largest absolute Gasteiger partial charge is 0.329 e. The number of carbonyl (C=O) groups excluding carboxylic acids is 3. The van der Waals surface area contributed by atoms with Crippen molar-refractivity contribution in [1.82, 2.24) is 9.71 Å². The first-order valence-corrected chi connectivity index (χ1v) is 18.7. The van der Waals surface area contributed by atoms with Gasteiger partial charge in [0, 0.05) is 42.3 Å². The van der Waals surface area contributed by atoms with E-state index in [1.165, 1.54) is 23.1 Å². The third-order valence-electron chi connectivity index (χ3n) is 8.32. The Bertz CT molecular complexity index is 2250. The molecule has 13 heteroatoms. The minimum absolute atomic E-state index is 0.0381. The molecular formula is C39H37Cl2N5O5S. The molecule has 4 amide bonds. The fraction of sp³-hybridized carbons (Fsp3) is 0.179. The van der Waals surface area contributed by atoms with Crippen molar-refractivity contribution in [3.05, 3.63) is 136 Å². The highest BCUT2D eigenvalue weighted by Crippen LogP contribution is 2.33. The molecule has 10 nitrogen and oxygen atoms in total. The Morgan fingerprint density at radius 2 is 1.54 bits per heavy atom. The van der Waals surface area contributed by atoms with Crippen molar-refractivity contribution >= 4 is 68.1 Å². The summed E-state index contributed by atoms with van der Waals surface area (Å²) in [6, 6.07) is 26.4. The van der Waals surface area contributed by atoms with E-state index in [1.54, 1.807) is 91.8 Å². The molecule has 0 aliphatic heterocycles. The van der Waals surface area contributed by atoms with Crippen LogP contribution in [0.15, 0.2) is 108 Å². The predicted octanol–water partition coefficient (Wildman–Crippen LogP) is 8.66. The Kier molecular flexibility index (Phi) is 12.0. The van der Waals surface area contributed by atoms with Crippen LogP contribution in [0.3, 0.4) is 0 Å². The zero-order chi connectivity index (χ0) is 37.6.